The van der Waals surface area contributed by atoms with Crippen LogP contribution in [0.2, 0.25) is 0 Å². The summed E-state index contributed by atoms with van der Waals surface area (Å²) in [5.74, 6) is 1.25. The zero-order valence-corrected chi connectivity index (χ0v) is 15.6. The molecule has 0 saturated carbocycles. The SMILES string of the molecule is CC1CCN(C(=O)O)CC1N(C)c1ncnc2[nH]ccc12.CN(C)C=O. The van der Waals surface area contributed by atoms with Gasteiger partial charge in [0, 0.05) is 40.4 Å². The van der Waals surface area contributed by atoms with Gasteiger partial charge in [0.05, 0.1) is 11.4 Å². The van der Waals surface area contributed by atoms with E-state index in [-0.39, 0.29) is 6.04 Å². The summed E-state index contributed by atoms with van der Waals surface area (Å²) in [6.45, 7) is 3.27. The van der Waals surface area contributed by atoms with Crippen molar-refractivity contribution in [3.05, 3.63) is 18.6 Å². The van der Waals surface area contributed by atoms with E-state index >= 15 is 0 Å². The van der Waals surface area contributed by atoms with Crippen LogP contribution in [0.25, 0.3) is 11.0 Å². The molecule has 3 rings (SSSR count). The summed E-state index contributed by atoms with van der Waals surface area (Å²) in [5, 5.41) is 10.2. The van der Waals surface area contributed by atoms with Crippen LogP contribution in [0, 0.1) is 5.92 Å². The minimum absolute atomic E-state index is 0.114. The number of nitrogens with zero attached hydrogens (tertiary/aromatic N) is 5. The Bertz CT molecular complexity index is 747. The maximum atomic E-state index is 11.2. The first kappa shape index (κ1) is 19.5. The summed E-state index contributed by atoms with van der Waals surface area (Å²) in [4.78, 5) is 37.3. The van der Waals surface area contributed by atoms with Crippen molar-refractivity contribution in [2.45, 2.75) is 19.4 Å². The fraction of sp³-hybridized carbons (Fsp3) is 0.529. The van der Waals surface area contributed by atoms with Gasteiger partial charge in [-0.25, -0.2) is 14.8 Å². The van der Waals surface area contributed by atoms with E-state index in [1.54, 1.807) is 14.1 Å². The van der Waals surface area contributed by atoms with Crippen LogP contribution < -0.4 is 4.90 Å². The molecular formula is C17H26N6O3. The highest BCUT2D eigenvalue weighted by Gasteiger charge is 2.32. The number of fused-ring (bicyclic) bond motifs is 1. The summed E-state index contributed by atoms with van der Waals surface area (Å²) < 4.78 is 0. The summed E-state index contributed by atoms with van der Waals surface area (Å²) in [6.07, 6.45) is 4.13. The lowest BCUT2D eigenvalue weighted by Crippen LogP contribution is -2.52. The normalized spacial score (nSPS) is 19.5. The van der Waals surface area contributed by atoms with Crippen molar-refractivity contribution in [2.24, 2.45) is 5.92 Å². The molecule has 1 saturated heterocycles. The zero-order valence-electron chi connectivity index (χ0n) is 15.6. The van der Waals surface area contributed by atoms with Gasteiger partial charge >= 0.3 is 6.09 Å². The van der Waals surface area contributed by atoms with Gasteiger partial charge in [0.1, 0.15) is 17.8 Å². The number of rotatable bonds is 3. The Labute approximate surface area is 152 Å². The smallest absolute Gasteiger partial charge is 0.407 e. The van der Waals surface area contributed by atoms with Crippen molar-refractivity contribution in [1.29, 1.82) is 0 Å². The molecule has 0 bridgehead atoms. The molecule has 0 spiro atoms. The van der Waals surface area contributed by atoms with Gasteiger partial charge in [-0.05, 0) is 18.4 Å². The first-order valence-electron chi connectivity index (χ1n) is 8.45. The van der Waals surface area contributed by atoms with E-state index in [2.05, 4.69) is 26.8 Å². The molecule has 0 aromatic carbocycles. The topological polar surface area (TPSA) is 106 Å². The Morgan fingerprint density at radius 1 is 1.38 bits per heavy atom. The number of aromatic nitrogens is 3. The van der Waals surface area contributed by atoms with Crippen molar-refractivity contribution >= 4 is 29.4 Å². The molecule has 2 unspecified atom stereocenters. The summed E-state index contributed by atoms with van der Waals surface area (Å²) >= 11 is 0. The number of amides is 2. The van der Waals surface area contributed by atoms with Gasteiger partial charge in [-0.15, -0.1) is 0 Å². The quantitative estimate of drug-likeness (QED) is 0.802. The number of H-pyrrole nitrogens is 1. The van der Waals surface area contributed by atoms with E-state index in [1.165, 1.54) is 16.1 Å². The maximum absolute atomic E-state index is 11.2. The van der Waals surface area contributed by atoms with Gasteiger partial charge in [0.2, 0.25) is 6.41 Å². The number of carbonyl (C=O) groups is 2. The second-order valence-corrected chi connectivity index (χ2v) is 6.68. The number of anilines is 1. The van der Waals surface area contributed by atoms with Crippen molar-refractivity contribution < 1.29 is 14.7 Å². The van der Waals surface area contributed by atoms with Crippen LogP contribution in [0.5, 0.6) is 0 Å². The number of hydrogen-bond donors (Lipinski definition) is 2. The third kappa shape index (κ3) is 4.41. The van der Waals surface area contributed by atoms with Gasteiger partial charge in [-0.3, -0.25) is 4.79 Å². The molecule has 2 aromatic heterocycles. The van der Waals surface area contributed by atoms with Crippen LogP contribution in [0.1, 0.15) is 13.3 Å². The third-order valence-corrected chi connectivity index (χ3v) is 4.56. The maximum Gasteiger partial charge on any atom is 0.407 e. The molecule has 0 aliphatic carbocycles. The Morgan fingerprint density at radius 3 is 2.69 bits per heavy atom. The number of nitrogens with one attached hydrogen (secondary N) is 1. The fourth-order valence-electron chi connectivity index (χ4n) is 3.02. The molecule has 1 aliphatic heterocycles. The average molecular weight is 362 g/mol. The highest BCUT2D eigenvalue weighted by atomic mass is 16.4. The molecule has 1 fully saturated rings. The Kier molecular flexibility index (Phi) is 6.37. The van der Waals surface area contributed by atoms with Crippen molar-refractivity contribution in [3.8, 4) is 0 Å². The fourth-order valence-corrected chi connectivity index (χ4v) is 3.02. The standard InChI is InChI=1S/C14H19N5O2.C3H7NO/c1-9-4-6-19(14(20)21)7-11(9)18(2)13-10-3-5-15-12(10)16-8-17-13;1-4(2)3-5/h3,5,8-9,11H,4,6-7H2,1-2H3,(H,20,21)(H,15,16,17);3H,1-2H3. The van der Waals surface area contributed by atoms with E-state index in [0.29, 0.717) is 19.0 Å². The first-order valence-corrected chi connectivity index (χ1v) is 8.45. The Morgan fingerprint density at radius 2 is 2.08 bits per heavy atom. The molecule has 9 nitrogen and oxygen atoms in total. The monoisotopic (exact) mass is 362 g/mol. The number of likely N-dealkylation sites (tertiary alicyclic amines) is 1. The average Bonchev–Trinajstić information content (AvgIpc) is 3.10. The van der Waals surface area contributed by atoms with E-state index in [4.69, 9.17) is 0 Å². The molecule has 142 valence electrons. The van der Waals surface area contributed by atoms with Crippen molar-refractivity contribution in [1.82, 2.24) is 24.8 Å². The summed E-state index contributed by atoms with van der Waals surface area (Å²) in [6, 6.07) is 2.06. The molecule has 0 radical (unpaired) electrons. The van der Waals surface area contributed by atoms with Crippen molar-refractivity contribution in [3.63, 3.8) is 0 Å². The molecule has 9 heteroatoms. The van der Waals surface area contributed by atoms with E-state index in [1.807, 2.05) is 19.3 Å². The Hall–Kier alpha value is -2.84. The number of hydrogen-bond acceptors (Lipinski definition) is 5. The lowest BCUT2D eigenvalue weighted by molar-refractivity contribution is -0.115. The second-order valence-electron chi connectivity index (χ2n) is 6.68. The van der Waals surface area contributed by atoms with Gasteiger partial charge in [-0.1, -0.05) is 6.92 Å². The number of likely N-dealkylation sites (N-methyl/N-ethyl adjacent to an activating group) is 1. The number of piperidine rings is 1. The summed E-state index contributed by atoms with van der Waals surface area (Å²) in [7, 11) is 5.35. The highest BCUT2D eigenvalue weighted by Crippen LogP contribution is 2.28. The third-order valence-electron chi connectivity index (χ3n) is 4.56. The van der Waals surface area contributed by atoms with Crippen LogP contribution in [-0.2, 0) is 4.79 Å². The molecule has 2 N–H and O–H groups in total. The summed E-state index contributed by atoms with van der Waals surface area (Å²) in [5.41, 5.74) is 0.797. The molecular weight excluding hydrogens is 336 g/mol. The largest absolute Gasteiger partial charge is 0.465 e. The lowest BCUT2D eigenvalue weighted by Gasteiger charge is -2.41. The first-order chi connectivity index (χ1) is 12.3. The predicted molar refractivity (Wildman–Crippen MR) is 99.2 cm³/mol. The van der Waals surface area contributed by atoms with Gasteiger partial charge in [-0.2, -0.15) is 0 Å². The molecule has 2 amide bonds. The molecule has 26 heavy (non-hydrogen) atoms. The zero-order chi connectivity index (χ0) is 19.3. The van der Waals surface area contributed by atoms with Crippen LogP contribution in [-0.4, -0.2) is 82.6 Å². The van der Waals surface area contributed by atoms with Crippen molar-refractivity contribution in [2.75, 3.05) is 39.1 Å². The van der Waals surface area contributed by atoms with Crippen LogP contribution >= 0.6 is 0 Å². The van der Waals surface area contributed by atoms with E-state index in [9.17, 15) is 14.7 Å². The van der Waals surface area contributed by atoms with Crippen LogP contribution in [0.4, 0.5) is 10.6 Å². The predicted octanol–water partition coefficient (Wildman–Crippen LogP) is 1.49. The molecule has 3 heterocycles. The molecule has 2 atom stereocenters. The van der Waals surface area contributed by atoms with Crippen LogP contribution in [0.15, 0.2) is 18.6 Å². The minimum Gasteiger partial charge on any atom is -0.465 e. The molecule has 1 aliphatic rings. The number of aromatic amines is 1. The van der Waals surface area contributed by atoms with Gasteiger partial charge in [0.25, 0.3) is 0 Å². The number of carbonyl (C=O) groups excluding carboxylic acids is 1. The van der Waals surface area contributed by atoms with Crippen LogP contribution in [0.3, 0.4) is 0 Å². The van der Waals surface area contributed by atoms with Gasteiger partial charge in [0.15, 0.2) is 0 Å². The number of carboxylic acid groups (broad SMARTS) is 1. The van der Waals surface area contributed by atoms with Gasteiger partial charge < -0.3 is 24.8 Å². The van der Waals surface area contributed by atoms with E-state index in [0.717, 1.165) is 29.7 Å². The second kappa shape index (κ2) is 8.50. The molecule has 2 aromatic rings. The lowest BCUT2D eigenvalue weighted by atomic mass is 9.92. The minimum atomic E-state index is -0.852. The Balaban J connectivity index is 0.000000431. The highest BCUT2D eigenvalue weighted by molar-refractivity contribution is 5.87. The van der Waals surface area contributed by atoms with E-state index < -0.39 is 6.09 Å².